The van der Waals surface area contributed by atoms with Crippen molar-refractivity contribution in [1.29, 1.82) is 0 Å². The first-order valence-corrected chi connectivity index (χ1v) is 27.4. The quantitative estimate of drug-likeness (QED) is 0.0638. The molecule has 77 heavy (non-hydrogen) atoms. The number of aromatic nitrogens is 3. The maximum absolute atomic E-state index is 14.1. The van der Waals surface area contributed by atoms with E-state index in [-0.39, 0.29) is 83.2 Å². The number of β-amino-alcohol motifs (C(OH)–C–C–N with tert-alkyl or cyclic N) is 1. The Kier molecular flexibility index (Phi) is 19.6. The summed E-state index contributed by atoms with van der Waals surface area (Å²) in [5.41, 5.74) is 5.66. The van der Waals surface area contributed by atoms with Crippen molar-refractivity contribution in [3.8, 4) is 16.2 Å². The lowest BCUT2D eigenvalue weighted by molar-refractivity contribution is -0.189. The lowest BCUT2D eigenvalue weighted by atomic mass is 9.85. The minimum absolute atomic E-state index is 0.0369. The number of thiazole rings is 1. The highest BCUT2D eigenvalue weighted by atomic mass is 35.5. The van der Waals surface area contributed by atoms with Gasteiger partial charge in [-0.2, -0.15) is 0 Å². The van der Waals surface area contributed by atoms with E-state index in [1.54, 1.807) is 40.9 Å². The Bertz CT molecular complexity index is 2760. The van der Waals surface area contributed by atoms with Crippen LogP contribution in [0.4, 0.5) is 5.69 Å². The smallest absolute Gasteiger partial charge is 0.248 e. The fourth-order valence-corrected chi connectivity index (χ4v) is 10.9. The van der Waals surface area contributed by atoms with E-state index in [0.29, 0.717) is 60.7 Å². The first kappa shape index (κ1) is 57.5. The molecule has 3 aliphatic heterocycles. The number of amides is 4. The molecule has 5 aromatic rings. The van der Waals surface area contributed by atoms with Gasteiger partial charge in [0.1, 0.15) is 43.8 Å². The van der Waals surface area contributed by atoms with Gasteiger partial charge in [0, 0.05) is 67.8 Å². The van der Waals surface area contributed by atoms with Gasteiger partial charge in [-0.3, -0.25) is 19.2 Å². The average molecular weight is 1120 g/mol. The van der Waals surface area contributed by atoms with E-state index in [4.69, 9.17) is 51.6 Å². The van der Waals surface area contributed by atoms with E-state index in [1.807, 2.05) is 105 Å². The number of halogens is 2. The van der Waals surface area contributed by atoms with E-state index in [9.17, 15) is 24.3 Å². The number of carbonyl (C=O) groups excluding carboxylic acids is 4. The summed E-state index contributed by atoms with van der Waals surface area (Å²) in [5.74, 6) is -1.92. The predicted molar refractivity (Wildman–Crippen MR) is 291 cm³/mol. The van der Waals surface area contributed by atoms with Crippen LogP contribution >= 0.6 is 34.5 Å². The Morgan fingerprint density at radius 2 is 1.64 bits per heavy atom. The number of piperazine rings is 1. The molecule has 8 rings (SSSR count). The molecule has 0 radical (unpaired) electrons. The fourth-order valence-electron chi connectivity index (χ4n) is 9.50. The van der Waals surface area contributed by atoms with Crippen molar-refractivity contribution in [3.63, 3.8) is 0 Å². The molecular formula is C55H68Cl2N8O11S. The van der Waals surface area contributed by atoms with Crippen LogP contribution in [0.3, 0.4) is 0 Å². The topological polar surface area (TPSA) is 208 Å². The average Bonchev–Trinajstić information content (AvgIpc) is 4.31. The molecular weight excluding hydrogens is 1050 g/mol. The fraction of sp³-hybridized carbons (Fsp3) is 0.491. The molecule has 2 aromatic heterocycles. The van der Waals surface area contributed by atoms with Gasteiger partial charge in [-0.25, -0.2) is 9.97 Å². The summed E-state index contributed by atoms with van der Waals surface area (Å²) in [7, 11) is 0. The summed E-state index contributed by atoms with van der Waals surface area (Å²) >= 11 is 14.4. The lowest BCUT2D eigenvalue weighted by Gasteiger charge is -2.36. The van der Waals surface area contributed by atoms with Crippen molar-refractivity contribution in [2.45, 2.75) is 83.7 Å². The molecule has 19 nitrogen and oxygen atoms in total. The summed E-state index contributed by atoms with van der Waals surface area (Å²) in [6.45, 7) is 12.9. The molecule has 414 valence electrons. The minimum atomic E-state index is -1.15. The number of carbonyl (C=O) groups is 4. The molecule has 0 unspecified atom stereocenters. The second kappa shape index (κ2) is 26.3. The number of aliphatic hydroxyl groups excluding tert-OH is 1. The van der Waals surface area contributed by atoms with Crippen LogP contribution in [0.25, 0.3) is 10.4 Å². The third-order valence-corrected chi connectivity index (χ3v) is 15.2. The van der Waals surface area contributed by atoms with Gasteiger partial charge in [0.25, 0.3) is 0 Å². The molecule has 0 bridgehead atoms. The van der Waals surface area contributed by atoms with E-state index in [1.165, 1.54) is 4.90 Å². The van der Waals surface area contributed by atoms with Crippen LogP contribution < -0.4 is 20.3 Å². The van der Waals surface area contributed by atoms with Gasteiger partial charge in [-0.1, -0.05) is 74.3 Å². The molecule has 3 fully saturated rings. The van der Waals surface area contributed by atoms with Gasteiger partial charge >= 0.3 is 0 Å². The molecule has 4 amide bonds. The summed E-state index contributed by atoms with van der Waals surface area (Å²) < 4.78 is 37.6. The van der Waals surface area contributed by atoms with Crippen molar-refractivity contribution in [2.24, 2.45) is 5.41 Å². The highest BCUT2D eigenvalue weighted by Gasteiger charge is 2.46. The number of hydrogen-bond acceptors (Lipinski definition) is 15. The van der Waals surface area contributed by atoms with Gasteiger partial charge in [0.15, 0.2) is 0 Å². The third kappa shape index (κ3) is 15.1. The molecule has 6 atom stereocenters. The Hall–Kier alpha value is -5.68. The SMILES string of the molecule is Cc1ncsc1-c1ccc([C@H](C)NC(=O)[C@@H]2C[C@@H](O)CN2C(=O)[C@@H](NC(=O)COCCOCCOCC(=O)N2CCN(c3ccc(OC[C@H]4CO[C@](Cn5ccnc5)(c5ccc(Cl)cc5Cl)O4)cc3)CC2)C(C)(C)C)cc1. The standard InChI is InChI=1S/C55H68Cl2N8O11S/c1-36(38-6-8-39(9-7-38)50-37(2)59-35-77-50)60-52(69)47-27-42(66)28-65(47)53(70)51(54(3,4)5)61-48(67)31-72-24-22-71-23-25-73-32-49(68)64-20-18-63(19-21-64)41-11-13-43(14-12-41)74-29-44-30-75-55(76-44,33-62-17-16-58-34-62)45-15-10-40(56)26-46(45)57/h6-17,26,34-36,42,44,47,51,66H,18-25,27-33H2,1-5H3,(H,60,69)(H,61,67)/t36-,42+,44-,47-,51+,55-/m0/s1. The summed E-state index contributed by atoms with van der Waals surface area (Å²) in [6, 6.07) is 18.7. The molecule has 0 spiro atoms. The lowest BCUT2D eigenvalue weighted by Crippen LogP contribution is -2.58. The van der Waals surface area contributed by atoms with Crippen molar-refractivity contribution in [3.05, 3.63) is 118 Å². The number of aliphatic hydroxyl groups is 1. The van der Waals surface area contributed by atoms with Crippen molar-refractivity contribution in [1.82, 2.24) is 35.0 Å². The first-order chi connectivity index (χ1) is 37.0. The first-order valence-electron chi connectivity index (χ1n) is 25.8. The number of rotatable bonds is 23. The maximum Gasteiger partial charge on any atom is 0.248 e. The number of nitrogens with one attached hydrogen (secondary N) is 2. The van der Waals surface area contributed by atoms with Crippen molar-refractivity contribution < 1.29 is 52.7 Å². The number of ether oxygens (including phenoxy) is 6. The van der Waals surface area contributed by atoms with Crippen LogP contribution in [0.2, 0.25) is 10.0 Å². The number of hydrogen-bond donors (Lipinski definition) is 3. The van der Waals surface area contributed by atoms with Gasteiger partial charge in [0.2, 0.25) is 29.4 Å². The predicted octanol–water partition coefficient (Wildman–Crippen LogP) is 6.04. The van der Waals surface area contributed by atoms with Crippen LogP contribution in [0.15, 0.2) is 91.0 Å². The Morgan fingerprint density at radius 3 is 2.30 bits per heavy atom. The second-order valence-corrected chi connectivity index (χ2v) is 22.1. The summed E-state index contributed by atoms with van der Waals surface area (Å²) in [4.78, 5) is 68.7. The Balaban J connectivity index is 0.683. The number of imidazole rings is 1. The van der Waals surface area contributed by atoms with Crippen LogP contribution in [-0.2, 0) is 55.2 Å². The van der Waals surface area contributed by atoms with E-state index in [0.717, 1.165) is 27.4 Å². The molecule has 0 aliphatic carbocycles. The molecule has 3 aliphatic rings. The number of anilines is 1. The van der Waals surface area contributed by atoms with E-state index >= 15 is 0 Å². The normalized spacial score (nSPS) is 20.5. The zero-order valence-electron chi connectivity index (χ0n) is 44.0. The van der Waals surface area contributed by atoms with Crippen LogP contribution in [0, 0.1) is 12.3 Å². The van der Waals surface area contributed by atoms with Crippen LogP contribution in [-0.4, -0.2) is 163 Å². The number of nitrogens with zero attached hydrogens (tertiary/aromatic N) is 6. The highest BCUT2D eigenvalue weighted by Crippen LogP contribution is 2.41. The summed E-state index contributed by atoms with van der Waals surface area (Å²) in [6.07, 6.45) is 4.04. The Morgan fingerprint density at radius 1 is 0.922 bits per heavy atom. The van der Waals surface area contributed by atoms with Crippen LogP contribution in [0.5, 0.6) is 5.75 Å². The zero-order valence-corrected chi connectivity index (χ0v) is 46.4. The number of aryl methyl sites for hydroxylation is 1. The van der Waals surface area contributed by atoms with Crippen LogP contribution in [0.1, 0.15) is 57.0 Å². The monoisotopic (exact) mass is 1120 g/mol. The largest absolute Gasteiger partial charge is 0.491 e. The van der Waals surface area contributed by atoms with E-state index < -0.39 is 41.2 Å². The number of benzene rings is 3. The zero-order chi connectivity index (χ0) is 54.7. The molecule has 3 N–H and O–H groups in total. The van der Waals surface area contributed by atoms with Gasteiger partial charge in [0.05, 0.1) is 79.2 Å². The molecule has 22 heteroatoms. The van der Waals surface area contributed by atoms with Crippen molar-refractivity contribution >= 4 is 63.9 Å². The molecule has 3 aromatic carbocycles. The number of likely N-dealkylation sites (tertiary alicyclic amines) is 1. The minimum Gasteiger partial charge on any atom is -0.491 e. The second-order valence-electron chi connectivity index (χ2n) is 20.4. The molecule has 0 saturated carbocycles. The maximum atomic E-state index is 14.1. The van der Waals surface area contributed by atoms with Crippen molar-refractivity contribution in [2.75, 3.05) is 90.5 Å². The highest BCUT2D eigenvalue weighted by molar-refractivity contribution is 7.13. The summed E-state index contributed by atoms with van der Waals surface area (Å²) in [5, 5.41) is 17.4. The molecule has 3 saturated heterocycles. The Labute approximate surface area is 463 Å². The third-order valence-electron chi connectivity index (χ3n) is 13.7. The van der Waals surface area contributed by atoms with Gasteiger partial charge in [-0.15, -0.1) is 11.3 Å². The molecule has 5 heterocycles. The van der Waals surface area contributed by atoms with E-state index in [2.05, 4.69) is 25.5 Å². The van der Waals surface area contributed by atoms with Gasteiger partial charge < -0.3 is 63.4 Å². The van der Waals surface area contributed by atoms with Gasteiger partial charge in [-0.05, 0) is 66.8 Å².